The molecule has 0 bridgehead atoms. The number of aromatic nitrogens is 1. The second-order valence-corrected chi connectivity index (χ2v) is 6.91. The number of aliphatic hydroxyl groups is 1. The molecule has 0 saturated carbocycles. The summed E-state index contributed by atoms with van der Waals surface area (Å²) in [5.74, 6) is 0.00253. The molecule has 7 heteroatoms. The molecule has 1 saturated heterocycles. The minimum atomic E-state index is -1.08. The lowest BCUT2D eigenvalue weighted by Gasteiger charge is -2.43. The molecular formula is C18H26N4O3. The van der Waals surface area contributed by atoms with Gasteiger partial charge in [0.2, 0.25) is 0 Å². The van der Waals surface area contributed by atoms with Gasteiger partial charge in [-0.05, 0) is 25.3 Å². The number of aryl methyl sites for hydroxylation is 1. The number of carboxylic acid groups (broad SMARTS) is 1. The van der Waals surface area contributed by atoms with Gasteiger partial charge in [-0.25, -0.2) is 9.78 Å². The van der Waals surface area contributed by atoms with Crippen LogP contribution in [0.3, 0.4) is 0 Å². The van der Waals surface area contributed by atoms with Crippen LogP contribution in [0.5, 0.6) is 0 Å². The average Bonchev–Trinajstić information content (AvgIpc) is 2.55. The Kier molecular flexibility index (Phi) is 6.34. The Labute approximate surface area is 148 Å². The van der Waals surface area contributed by atoms with Gasteiger partial charge < -0.3 is 15.1 Å². The molecule has 1 aliphatic rings. The number of piperazine rings is 1. The minimum absolute atomic E-state index is 0.0608. The predicted molar refractivity (Wildman–Crippen MR) is 94.8 cm³/mol. The number of nitriles is 1. The first-order valence-corrected chi connectivity index (χ1v) is 8.62. The Morgan fingerprint density at radius 1 is 1.48 bits per heavy atom. The summed E-state index contributed by atoms with van der Waals surface area (Å²) in [6.45, 7) is 9.29. The third-order valence-electron chi connectivity index (χ3n) is 4.51. The molecule has 0 aromatic carbocycles. The molecule has 1 fully saturated rings. The molecule has 0 amide bonds. The van der Waals surface area contributed by atoms with Gasteiger partial charge in [-0.1, -0.05) is 13.8 Å². The second kappa shape index (κ2) is 8.28. The Morgan fingerprint density at radius 2 is 2.20 bits per heavy atom. The zero-order chi connectivity index (χ0) is 18.6. The first kappa shape index (κ1) is 19.2. The van der Waals surface area contributed by atoms with Crippen LogP contribution in [0.2, 0.25) is 0 Å². The largest absolute Gasteiger partial charge is 0.478 e. The van der Waals surface area contributed by atoms with E-state index in [4.69, 9.17) is 0 Å². The Bertz CT molecular complexity index is 669. The van der Waals surface area contributed by atoms with Crippen molar-refractivity contribution in [1.82, 2.24) is 9.88 Å². The molecule has 2 N–H and O–H groups in total. The van der Waals surface area contributed by atoms with Crippen LogP contribution in [0.15, 0.2) is 6.07 Å². The number of hydrogen-bond donors (Lipinski definition) is 2. The molecule has 1 atom stereocenters. The summed E-state index contributed by atoms with van der Waals surface area (Å²) in [4.78, 5) is 20.1. The van der Waals surface area contributed by atoms with Crippen LogP contribution in [0.1, 0.15) is 41.9 Å². The van der Waals surface area contributed by atoms with E-state index in [1.165, 1.54) is 6.07 Å². The Hall–Kier alpha value is -2.17. The van der Waals surface area contributed by atoms with Crippen LogP contribution < -0.4 is 4.90 Å². The van der Waals surface area contributed by atoms with Crippen molar-refractivity contribution in [2.45, 2.75) is 33.2 Å². The second-order valence-electron chi connectivity index (χ2n) is 6.91. The predicted octanol–water partition coefficient (Wildman–Crippen LogP) is 1.49. The maximum Gasteiger partial charge on any atom is 0.337 e. The quantitative estimate of drug-likeness (QED) is 0.805. The zero-order valence-corrected chi connectivity index (χ0v) is 15.1. The summed E-state index contributed by atoms with van der Waals surface area (Å²) >= 11 is 0. The number of pyridine rings is 1. The van der Waals surface area contributed by atoms with Gasteiger partial charge >= 0.3 is 5.97 Å². The fourth-order valence-electron chi connectivity index (χ4n) is 3.35. The number of anilines is 1. The van der Waals surface area contributed by atoms with Crippen molar-refractivity contribution in [1.29, 1.82) is 5.26 Å². The van der Waals surface area contributed by atoms with E-state index >= 15 is 0 Å². The number of aromatic carboxylic acids is 1. The summed E-state index contributed by atoms with van der Waals surface area (Å²) in [5.41, 5.74) is 0.749. The van der Waals surface area contributed by atoms with Crippen LogP contribution in [0, 0.1) is 24.2 Å². The number of carbonyl (C=O) groups is 1. The van der Waals surface area contributed by atoms with Gasteiger partial charge in [-0.3, -0.25) is 4.90 Å². The molecule has 0 aliphatic carbocycles. The summed E-state index contributed by atoms with van der Waals surface area (Å²) in [6, 6.07) is 3.67. The molecule has 1 aliphatic heterocycles. The van der Waals surface area contributed by atoms with Gasteiger partial charge in [0.25, 0.3) is 0 Å². The van der Waals surface area contributed by atoms with Crippen molar-refractivity contribution in [2.75, 3.05) is 37.7 Å². The minimum Gasteiger partial charge on any atom is -0.478 e. The van der Waals surface area contributed by atoms with Crippen molar-refractivity contribution < 1.29 is 15.0 Å². The van der Waals surface area contributed by atoms with Crippen molar-refractivity contribution in [3.8, 4) is 6.07 Å². The van der Waals surface area contributed by atoms with E-state index < -0.39 is 5.97 Å². The Morgan fingerprint density at radius 3 is 2.76 bits per heavy atom. The molecule has 1 aromatic rings. The van der Waals surface area contributed by atoms with E-state index in [1.807, 2.05) is 4.90 Å². The molecular weight excluding hydrogens is 320 g/mol. The van der Waals surface area contributed by atoms with Crippen molar-refractivity contribution >= 4 is 11.8 Å². The van der Waals surface area contributed by atoms with Gasteiger partial charge in [-0.2, -0.15) is 5.26 Å². The van der Waals surface area contributed by atoms with E-state index in [-0.39, 0.29) is 23.8 Å². The van der Waals surface area contributed by atoms with E-state index in [0.29, 0.717) is 30.4 Å². The highest BCUT2D eigenvalue weighted by Crippen LogP contribution is 2.25. The standard InChI is InChI=1S/C18H26N4O3/c1-12(2)10-21-5-6-22(11-15(21)4-7-23)17-14(9-19)8-16(18(24)25)13(3)20-17/h8,12,15,23H,4-7,10-11H2,1-3H3,(H,24,25). The molecule has 25 heavy (non-hydrogen) atoms. The number of carboxylic acids is 1. The number of aliphatic hydroxyl groups excluding tert-OH is 1. The maximum atomic E-state index is 11.3. The van der Waals surface area contributed by atoms with Crippen LogP contribution in [-0.4, -0.2) is 64.9 Å². The van der Waals surface area contributed by atoms with E-state index in [9.17, 15) is 20.3 Å². The SMILES string of the molecule is Cc1nc(N2CCN(CC(C)C)C(CCO)C2)c(C#N)cc1C(=O)O. The monoisotopic (exact) mass is 346 g/mol. The van der Waals surface area contributed by atoms with Gasteiger partial charge in [0.15, 0.2) is 0 Å². The molecule has 0 radical (unpaired) electrons. The van der Waals surface area contributed by atoms with E-state index in [2.05, 4.69) is 29.8 Å². The first-order valence-electron chi connectivity index (χ1n) is 8.62. The summed E-state index contributed by atoms with van der Waals surface area (Å²) in [6.07, 6.45) is 0.664. The number of nitrogens with zero attached hydrogens (tertiary/aromatic N) is 4. The summed E-state index contributed by atoms with van der Waals surface area (Å²) in [7, 11) is 0. The highest BCUT2D eigenvalue weighted by Gasteiger charge is 2.29. The lowest BCUT2D eigenvalue weighted by molar-refractivity contribution is 0.0695. The molecule has 1 aromatic heterocycles. The molecule has 2 heterocycles. The van der Waals surface area contributed by atoms with Crippen molar-refractivity contribution in [2.24, 2.45) is 5.92 Å². The van der Waals surface area contributed by atoms with Gasteiger partial charge in [0.1, 0.15) is 11.9 Å². The normalized spacial score (nSPS) is 18.4. The van der Waals surface area contributed by atoms with E-state index in [0.717, 1.165) is 19.6 Å². The highest BCUT2D eigenvalue weighted by molar-refractivity contribution is 5.89. The molecule has 2 rings (SSSR count). The molecule has 1 unspecified atom stereocenters. The van der Waals surface area contributed by atoms with Crippen LogP contribution in [0.25, 0.3) is 0 Å². The lowest BCUT2D eigenvalue weighted by Crippen LogP contribution is -2.54. The third-order valence-corrected chi connectivity index (χ3v) is 4.51. The highest BCUT2D eigenvalue weighted by atomic mass is 16.4. The summed E-state index contributed by atoms with van der Waals surface area (Å²) < 4.78 is 0. The Balaban J connectivity index is 2.29. The zero-order valence-electron chi connectivity index (χ0n) is 15.1. The number of rotatable bonds is 6. The average molecular weight is 346 g/mol. The van der Waals surface area contributed by atoms with Crippen LogP contribution in [0.4, 0.5) is 5.82 Å². The van der Waals surface area contributed by atoms with Gasteiger partial charge in [0.05, 0.1) is 16.8 Å². The molecule has 7 nitrogen and oxygen atoms in total. The maximum absolute atomic E-state index is 11.3. The van der Waals surface area contributed by atoms with E-state index in [1.54, 1.807) is 6.92 Å². The smallest absolute Gasteiger partial charge is 0.337 e. The topological polar surface area (TPSA) is 101 Å². The van der Waals surface area contributed by atoms with Crippen LogP contribution >= 0.6 is 0 Å². The summed E-state index contributed by atoms with van der Waals surface area (Å²) in [5, 5.41) is 28.0. The van der Waals surface area contributed by atoms with Crippen molar-refractivity contribution in [3.63, 3.8) is 0 Å². The lowest BCUT2D eigenvalue weighted by atomic mass is 10.0. The molecule has 136 valence electrons. The first-order chi connectivity index (χ1) is 11.9. The van der Waals surface area contributed by atoms with Crippen LogP contribution in [-0.2, 0) is 0 Å². The third kappa shape index (κ3) is 4.47. The fraction of sp³-hybridized carbons (Fsp3) is 0.611. The molecule has 0 spiro atoms. The van der Waals surface area contributed by atoms with Gasteiger partial charge in [0, 0.05) is 38.8 Å². The van der Waals surface area contributed by atoms with Gasteiger partial charge in [-0.15, -0.1) is 0 Å². The number of hydrogen-bond acceptors (Lipinski definition) is 6. The fourth-order valence-corrected chi connectivity index (χ4v) is 3.35. The van der Waals surface area contributed by atoms with Crippen molar-refractivity contribution in [3.05, 3.63) is 22.9 Å².